The molecule has 7 rings (SSSR count). The Morgan fingerprint density at radius 3 is 1.72 bits per heavy atom. The molecule has 8 heteroatoms. The summed E-state index contributed by atoms with van der Waals surface area (Å²) in [5.41, 5.74) is 5.64. The number of rotatable bonds is 14. The third-order valence-electron chi connectivity index (χ3n) is 9.57. The van der Waals surface area contributed by atoms with Crippen LogP contribution in [0.3, 0.4) is 0 Å². The molecule has 0 bridgehead atoms. The molecule has 0 spiro atoms. The predicted molar refractivity (Wildman–Crippen MR) is 205 cm³/mol. The molecule has 266 valence electrons. The molecule has 0 heterocycles. The van der Waals surface area contributed by atoms with E-state index in [-0.39, 0.29) is 26.4 Å². The van der Waals surface area contributed by atoms with Crippen LogP contribution in [0.25, 0.3) is 32.7 Å². The van der Waals surface area contributed by atoms with E-state index in [4.69, 9.17) is 28.4 Å². The van der Waals surface area contributed by atoms with Gasteiger partial charge < -0.3 is 28.4 Å². The molecule has 1 atom stereocenters. The zero-order valence-corrected chi connectivity index (χ0v) is 29.6. The van der Waals surface area contributed by atoms with E-state index < -0.39 is 17.4 Å². The van der Waals surface area contributed by atoms with Gasteiger partial charge in [0.15, 0.2) is 11.5 Å². The second-order valence-corrected chi connectivity index (χ2v) is 12.4. The van der Waals surface area contributed by atoms with Crippen LogP contribution in [-0.2, 0) is 24.5 Å². The van der Waals surface area contributed by atoms with E-state index in [9.17, 15) is 9.59 Å². The van der Waals surface area contributed by atoms with Crippen LogP contribution in [0.1, 0.15) is 22.3 Å². The van der Waals surface area contributed by atoms with Crippen molar-refractivity contribution >= 4 is 33.5 Å². The Morgan fingerprint density at radius 2 is 1.06 bits per heavy atom. The van der Waals surface area contributed by atoms with Gasteiger partial charge in [0.05, 0.1) is 19.6 Å². The molecule has 0 aliphatic heterocycles. The highest BCUT2D eigenvalue weighted by atomic mass is 16.6. The first-order valence-corrected chi connectivity index (χ1v) is 17.2. The summed E-state index contributed by atoms with van der Waals surface area (Å²) in [5.74, 6) is 1.62. The minimum absolute atomic E-state index is 0.110. The minimum atomic E-state index is -0.773. The highest BCUT2D eigenvalue weighted by molar-refractivity contribution is 5.97. The SMILES string of the molecule is C=CC(=O)OCCOc1ccc(C2(c3ccc4cc(OCCOC(=O)C=C)ccc4c3)c3cc(OC)c(OC)cc3-c3cc4ccccc4cc32)cc1. The van der Waals surface area contributed by atoms with Gasteiger partial charge in [-0.15, -0.1) is 0 Å². The third-order valence-corrected chi connectivity index (χ3v) is 9.57. The Balaban J connectivity index is 1.38. The highest BCUT2D eigenvalue weighted by Gasteiger charge is 2.47. The maximum absolute atomic E-state index is 11.5. The van der Waals surface area contributed by atoms with Gasteiger partial charge in [0.1, 0.15) is 37.9 Å². The van der Waals surface area contributed by atoms with E-state index in [1.807, 2.05) is 30.3 Å². The molecule has 0 saturated heterocycles. The van der Waals surface area contributed by atoms with Crippen molar-refractivity contribution in [3.63, 3.8) is 0 Å². The highest BCUT2D eigenvalue weighted by Crippen LogP contribution is 2.59. The Bertz CT molecular complexity index is 2360. The number of esters is 2. The summed E-state index contributed by atoms with van der Waals surface area (Å²) in [5, 5.41) is 4.28. The maximum atomic E-state index is 11.5. The van der Waals surface area contributed by atoms with Crippen molar-refractivity contribution in [2.75, 3.05) is 40.6 Å². The molecule has 6 aromatic carbocycles. The lowest BCUT2D eigenvalue weighted by atomic mass is 9.67. The van der Waals surface area contributed by atoms with Crippen LogP contribution in [0.15, 0.2) is 135 Å². The van der Waals surface area contributed by atoms with E-state index in [2.05, 4.69) is 92.0 Å². The summed E-state index contributed by atoms with van der Waals surface area (Å²) >= 11 is 0. The first-order chi connectivity index (χ1) is 25.9. The molecule has 1 aliphatic rings. The van der Waals surface area contributed by atoms with Gasteiger partial charge in [-0.3, -0.25) is 0 Å². The fourth-order valence-electron chi connectivity index (χ4n) is 7.19. The molecule has 0 aromatic heterocycles. The smallest absolute Gasteiger partial charge is 0.330 e. The van der Waals surface area contributed by atoms with Crippen LogP contribution < -0.4 is 18.9 Å². The predicted octanol–water partition coefficient (Wildman–Crippen LogP) is 8.59. The second-order valence-electron chi connectivity index (χ2n) is 12.4. The topological polar surface area (TPSA) is 89.5 Å². The lowest BCUT2D eigenvalue weighted by Crippen LogP contribution is -2.28. The van der Waals surface area contributed by atoms with Crippen LogP contribution in [0, 0.1) is 0 Å². The van der Waals surface area contributed by atoms with Crippen molar-refractivity contribution in [1.29, 1.82) is 0 Å². The molecule has 0 saturated carbocycles. The Labute approximate surface area is 307 Å². The summed E-state index contributed by atoms with van der Waals surface area (Å²) in [4.78, 5) is 22.9. The molecule has 1 aliphatic carbocycles. The van der Waals surface area contributed by atoms with Gasteiger partial charge in [-0.2, -0.15) is 0 Å². The lowest BCUT2D eigenvalue weighted by molar-refractivity contribution is -0.139. The number of fused-ring (bicyclic) bond motifs is 5. The van der Waals surface area contributed by atoms with Crippen LogP contribution >= 0.6 is 0 Å². The van der Waals surface area contributed by atoms with E-state index in [0.29, 0.717) is 23.0 Å². The number of carbonyl (C=O) groups excluding carboxylic acids is 2. The number of carbonyl (C=O) groups is 2. The Kier molecular flexibility index (Phi) is 9.86. The van der Waals surface area contributed by atoms with E-state index in [1.165, 1.54) is 0 Å². The van der Waals surface area contributed by atoms with Crippen molar-refractivity contribution in [1.82, 2.24) is 0 Å². The number of hydrogen-bond donors (Lipinski definition) is 0. The van der Waals surface area contributed by atoms with Crippen LogP contribution in [0.5, 0.6) is 23.0 Å². The minimum Gasteiger partial charge on any atom is -0.493 e. The average molecular weight is 707 g/mol. The third kappa shape index (κ3) is 6.55. The summed E-state index contributed by atoms with van der Waals surface area (Å²) in [7, 11) is 3.31. The molecule has 53 heavy (non-hydrogen) atoms. The van der Waals surface area contributed by atoms with Crippen molar-refractivity contribution in [2.24, 2.45) is 0 Å². The van der Waals surface area contributed by atoms with Crippen molar-refractivity contribution in [3.05, 3.63) is 157 Å². The van der Waals surface area contributed by atoms with E-state index >= 15 is 0 Å². The maximum Gasteiger partial charge on any atom is 0.330 e. The first kappa shape index (κ1) is 34.9. The van der Waals surface area contributed by atoms with Gasteiger partial charge in [0, 0.05) is 12.2 Å². The van der Waals surface area contributed by atoms with E-state index in [1.54, 1.807) is 14.2 Å². The van der Waals surface area contributed by atoms with Crippen molar-refractivity contribution < 1.29 is 38.0 Å². The zero-order chi connectivity index (χ0) is 37.0. The molecule has 6 aromatic rings. The van der Waals surface area contributed by atoms with Gasteiger partial charge in [-0.25, -0.2) is 9.59 Å². The Hall–Kier alpha value is -6.54. The fraction of sp³-hybridized carbons (Fsp3) is 0.156. The number of benzene rings is 6. The molecular weight excluding hydrogens is 668 g/mol. The standard InChI is InChI=1S/C45H38O8/c1-5-43(46)52-21-19-50-35-17-14-33(15-18-35)45(34-13-11-32-24-36(16-12-31(32)23-34)51-20-22-53-44(47)6-2)39-26-30-10-8-7-9-29(30)25-37(39)38-27-41(48-3)42(49-4)28-40(38)45/h5-18,23-28H,1-2,19-22H2,3-4H3. The largest absolute Gasteiger partial charge is 0.493 e. The summed E-state index contributed by atoms with van der Waals surface area (Å²) in [6.07, 6.45) is 2.26. The zero-order valence-electron chi connectivity index (χ0n) is 29.6. The molecule has 1 unspecified atom stereocenters. The summed E-state index contributed by atoms with van der Waals surface area (Å²) < 4.78 is 33.7. The van der Waals surface area contributed by atoms with Crippen molar-refractivity contribution in [2.45, 2.75) is 5.41 Å². The molecule has 0 N–H and O–H groups in total. The summed E-state index contributed by atoms with van der Waals surface area (Å²) in [6, 6.07) is 37.6. The van der Waals surface area contributed by atoms with Gasteiger partial charge >= 0.3 is 11.9 Å². The molecule has 0 radical (unpaired) electrons. The van der Waals surface area contributed by atoms with Gasteiger partial charge in [-0.1, -0.05) is 67.8 Å². The van der Waals surface area contributed by atoms with Crippen LogP contribution in [-0.4, -0.2) is 52.6 Å². The fourth-order valence-corrected chi connectivity index (χ4v) is 7.19. The monoisotopic (exact) mass is 706 g/mol. The van der Waals surface area contributed by atoms with Gasteiger partial charge in [0.2, 0.25) is 0 Å². The quantitative estimate of drug-likeness (QED) is 0.0632. The normalized spacial score (nSPS) is 14.2. The average Bonchev–Trinajstić information content (AvgIpc) is 3.47. The molecule has 0 amide bonds. The van der Waals surface area contributed by atoms with Gasteiger partial charge in [-0.05, 0) is 110 Å². The van der Waals surface area contributed by atoms with Gasteiger partial charge in [0.25, 0.3) is 0 Å². The molecule has 0 fully saturated rings. The Morgan fingerprint density at radius 1 is 0.547 bits per heavy atom. The number of methoxy groups -OCH3 is 2. The number of ether oxygens (including phenoxy) is 6. The molecule has 8 nitrogen and oxygen atoms in total. The first-order valence-electron chi connectivity index (χ1n) is 17.2. The van der Waals surface area contributed by atoms with E-state index in [0.717, 1.165) is 67.1 Å². The molecular formula is C45H38O8. The summed E-state index contributed by atoms with van der Waals surface area (Å²) in [6.45, 7) is 7.52. The second kappa shape index (κ2) is 15.0. The lowest BCUT2D eigenvalue weighted by Gasteiger charge is -2.34. The van der Waals surface area contributed by atoms with Crippen LogP contribution in [0.4, 0.5) is 0 Å². The van der Waals surface area contributed by atoms with Crippen molar-refractivity contribution in [3.8, 4) is 34.1 Å². The number of hydrogen-bond acceptors (Lipinski definition) is 8. The van der Waals surface area contributed by atoms with Crippen LogP contribution in [0.2, 0.25) is 0 Å².